The lowest BCUT2D eigenvalue weighted by Crippen LogP contribution is -2.30. The van der Waals surface area contributed by atoms with Crippen molar-refractivity contribution in [1.82, 2.24) is 0 Å². The van der Waals surface area contributed by atoms with Gasteiger partial charge < -0.3 is 58.2 Å². The fourth-order valence-electron chi connectivity index (χ4n) is 4.32. The van der Waals surface area contributed by atoms with Crippen LogP contribution in [0.4, 0.5) is 11.4 Å². The van der Waals surface area contributed by atoms with Crippen LogP contribution in [-0.2, 0) is 66.7 Å². The van der Waals surface area contributed by atoms with Gasteiger partial charge in [-0.2, -0.15) is 0 Å². The van der Waals surface area contributed by atoms with Crippen molar-refractivity contribution in [1.29, 1.82) is 0 Å². The molecule has 63 heavy (non-hydrogen) atoms. The van der Waals surface area contributed by atoms with Gasteiger partial charge in [0.15, 0.2) is 0 Å². The highest BCUT2D eigenvalue weighted by atomic mass is 79.9. The molecule has 0 saturated carbocycles. The van der Waals surface area contributed by atoms with Crippen molar-refractivity contribution in [2.45, 2.75) is 26.4 Å². The Hall–Kier alpha value is -3.78. The number of cyclic esters (lactones) is 2. The average Bonchev–Trinajstić information content (AvgIpc) is 3.57. The largest absolute Gasteiger partial charge is 0.491 e. The summed E-state index contributed by atoms with van der Waals surface area (Å²) >= 11 is 11.9. The molecule has 4 rings (SSSR count). The third-order valence-corrected chi connectivity index (χ3v) is 11.0. The number of aliphatic carboxylic acids is 1. The number of carbonyl (C=O) groups is 6. The van der Waals surface area contributed by atoms with Crippen LogP contribution in [-0.4, -0.2) is 139 Å². The van der Waals surface area contributed by atoms with Gasteiger partial charge in [0.1, 0.15) is 61.5 Å². The van der Waals surface area contributed by atoms with E-state index in [1.165, 1.54) is 0 Å². The van der Waals surface area contributed by atoms with E-state index in [1.807, 2.05) is 32.9 Å². The molecule has 2 aromatic rings. The second-order valence-electron chi connectivity index (χ2n) is 13.2. The van der Waals surface area contributed by atoms with Gasteiger partial charge in [-0.3, -0.25) is 9.59 Å². The Kier molecular flexibility index (Phi) is 26.7. The number of anilines is 2. The number of hydrogen-bond acceptors (Lipinski definition) is 17. The number of hydrogen-bond donors (Lipinski definition) is 2. The number of rotatable bonds is 25. The van der Waals surface area contributed by atoms with E-state index in [0.717, 1.165) is 10.6 Å². The molecule has 2 aliphatic rings. The monoisotopic (exact) mass is 1140 g/mol. The highest BCUT2D eigenvalue weighted by molar-refractivity contribution is 9.15. The molecule has 0 aliphatic carbocycles. The highest BCUT2D eigenvalue weighted by Crippen LogP contribution is 2.33. The molecule has 3 N–H and O–H groups in total. The first-order valence-corrected chi connectivity index (χ1v) is 22.0. The molecule has 0 fully saturated rings. The summed E-state index contributed by atoms with van der Waals surface area (Å²) in [6.45, 7) is 9.55. The summed E-state index contributed by atoms with van der Waals surface area (Å²) in [5.74, 6) is -2.21. The van der Waals surface area contributed by atoms with E-state index in [9.17, 15) is 28.8 Å². The van der Waals surface area contributed by atoms with Crippen molar-refractivity contribution in [3.63, 3.8) is 0 Å². The molecule has 0 saturated heterocycles. The number of nitrogens with zero attached hydrogens (tertiary/aromatic N) is 1. The van der Waals surface area contributed by atoms with E-state index in [0.29, 0.717) is 89.8 Å². The first kappa shape index (κ1) is 55.4. The number of ether oxygens (including phenoxy) is 10. The molecule has 2 heterocycles. The number of amides is 2. The summed E-state index contributed by atoms with van der Waals surface area (Å²) < 4.78 is 52.3. The van der Waals surface area contributed by atoms with Crippen molar-refractivity contribution >= 4 is 111 Å². The second-order valence-corrected chi connectivity index (χ2v) is 16.3. The molecule has 2 aliphatic heterocycles. The van der Waals surface area contributed by atoms with E-state index in [1.54, 1.807) is 36.4 Å². The van der Waals surface area contributed by atoms with Gasteiger partial charge in [0.25, 0.3) is 11.8 Å². The van der Waals surface area contributed by atoms with Gasteiger partial charge >= 0.3 is 23.9 Å². The van der Waals surface area contributed by atoms with Crippen LogP contribution < -0.4 is 20.1 Å². The van der Waals surface area contributed by atoms with Crippen molar-refractivity contribution in [3.8, 4) is 11.5 Å². The van der Waals surface area contributed by atoms with Gasteiger partial charge in [-0.15, -0.1) is 0 Å². The van der Waals surface area contributed by atoms with Crippen LogP contribution in [0.5, 0.6) is 11.5 Å². The Labute approximate surface area is 397 Å². The number of carboxylic acids is 1. The van der Waals surface area contributed by atoms with Crippen LogP contribution in [0, 0.1) is 0 Å². The molecule has 0 aromatic heterocycles. The molecular formula is C40H48Br4N2O17. The Morgan fingerprint density at radius 2 is 0.937 bits per heavy atom. The number of benzene rings is 2. The molecule has 0 unspecified atom stereocenters. The summed E-state index contributed by atoms with van der Waals surface area (Å²) in [5.41, 5.74) is 6.25. The lowest BCUT2D eigenvalue weighted by Gasteiger charge is -2.19. The first-order chi connectivity index (χ1) is 29.9. The topological polar surface area (TPSA) is 244 Å². The Morgan fingerprint density at radius 1 is 0.571 bits per heavy atom. The molecule has 0 radical (unpaired) electrons. The summed E-state index contributed by atoms with van der Waals surface area (Å²) in [6.07, 6.45) is 0. The van der Waals surface area contributed by atoms with Gasteiger partial charge in [-0.05, 0) is 133 Å². The van der Waals surface area contributed by atoms with E-state index in [4.69, 9.17) is 53.5 Å². The first-order valence-electron chi connectivity index (χ1n) is 18.8. The highest BCUT2D eigenvalue weighted by Gasteiger charge is 2.37. The van der Waals surface area contributed by atoms with E-state index in [2.05, 4.69) is 68.5 Å². The summed E-state index contributed by atoms with van der Waals surface area (Å²) in [6, 6.07) is 13.8. The predicted molar refractivity (Wildman–Crippen MR) is 240 cm³/mol. The van der Waals surface area contributed by atoms with Gasteiger partial charge in [-0.25, -0.2) is 24.1 Å². The number of esters is 3. The van der Waals surface area contributed by atoms with Crippen LogP contribution >= 0.6 is 63.7 Å². The van der Waals surface area contributed by atoms with Crippen molar-refractivity contribution in [3.05, 3.63) is 66.5 Å². The van der Waals surface area contributed by atoms with Crippen molar-refractivity contribution in [2.24, 2.45) is 0 Å². The number of carboxylic acid groups (broad SMARTS) is 1. The molecule has 2 aromatic carbocycles. The third kappa shape index (κ3) is 23.1. The second kappa shape index (κ2) is 30.4. The zero-order valence-electron chi connectivity index (χ0n) is 34.5. The number of imide groups is 1. The maximum absolute atomic E-state index is 12.1. The minimum atomic E-state index is -1.01. The van der Waals surface area contributed by atoms with Gasteiger partial charge in [0.05, 0.1) is 71.8 Å². The summed E-state index contributed by atoms with van der Waals surface area (Å²) in [4.78, 5) is 67.7. The Balaban J connectivity index is 0.000000364. The van der Waals surface area contributed by atoms with Crippen LogP contribution in [0.2, 0.25) is 0 Å². The van der Waals surface area contributed by atoms with E-state index >= 15 is 0 Å². The molecule has 348 valence electrons. The minimum Gasteiger partial charge on any atom is -0.491 e. The average molecular weight is 1150 g/mol. The van der Waals surface area contributed by atoms with Crippen LogP contribution in [0.25, 0.3) is 0 Å². The zero-order chi connectivity index (χ0) is 46.8. The lowest BCUT2D eigenvalue weighted by atomic mass is 10.2. The van der Waals surface area contributed by atoms with Gasteiger partial charge in [0, 0.05) is 5.69 Å². The van der Waals surface area contributed by atoms with Gasteiger partial charge in [0.2, 0.25) is 0 Å². The SMILES string of the molecule is CC(C)(C)OC(=O)COCCOCCOCCOc1ccc(N)cc1.O=C(O)COCCOCCOCCOc1ccc(N2C(=O)C(Br)=C(Br)C2=O)cc1.O=C1OC(=O)C(Br)=C1Br. The number of nitrogens with two attached hydrogens (primary N) is 1. The smallest absolute Gasteiger partial charge is 0.354 e. The van der Waals surface area contributed by atoms with Crippen LogP contribution in [0.3, 0.4) is 0 Å². The van der Waals surface area contributed by atoms with Crippen molar-refractivity contribution in [2.75, 3.05) is 103 Å². The third-order valence-electron chi connectivity index (χ3n) is 7.03. The molecular weight excluding hydrogens is 1100 g/mol. The van der Waals surface area contributed by atoms with E-state index < -0.39 is 35.3 Å². The molecule has 23 heteroatoms. The fourth-order valence-corrected chi connectivity index (χ4v) is 5.50. The maximum Gasteiger partial charge on any atom is 0.354 e. The zero-order valence-corrected chi connectivity index (χ0v) is 40.9. The van der Waals surface area contributed by atoms with Gasteiger partial charge in [-0.1, -0.05) is 0 Å². The number of halogens is 4. The molecule has 2 amide bonds. The normalized spacial score (nSPS) is 13.7. The lowest BCUT2D eigenvalue weighted by molar-refractivity contribution is -0.160. The summed E-state index contributed by atoms with van der Waals surface area (Å²) in [7, 11) is 0. The maximum atomic E-state index is 12.1. The molecule has 0 bridgehead atoms. The van der Waals surface area contributed by atoms with Crippen LogP contribution in [0.15, 0.2) is 66.5 Å². The number of nitrogen functional groups attached to an aromatic ring is 1. The quantitative estimate of drug-likeness (QED) is 0.0427. The Bertz CT molecular complexity index is 1820. The van der Waals surface area contributed by atoms with Crippen molar-refractivity contribution < 1.29 is 81.2 Å². The Morgan fingerprint density at radius 3 is 1.30 bits per heavy atom. The molecule has 19 nitrogen and oxygen atoms in total. The van der Waals surface area contributed by atoms with Crippen LogP contribution in [0.1, 0.15) is 20.8 Å². The molecule has 0 atom stereocenters. The fraction of sp³-hybridized carbons (Fsp3) is 0.450. The summed E-state index contributed by atoms with van der Waals surface area (Å²) in [5, 5.41) is 8.39. The van der Waals surface area contributed by atoms with E-state index in [-0.39, 0.29) is 43.7 Å². The predicted octanol–water partition coefficient (Wildman–Crippen LogP) is 5.18. The molecule has 0 spiro atoms. The minimum absolute atomic E-state index is 0.0698. The standard InChI is InChI=1S/C18H19Br2NO8.C18H29NO6.C4Br2O3/c19-15-16(20)18(25)21(17(15)24)12-1-3-13(4-2-12)29-10-9-27-6-5-26-7-8-28-11-14(22)23;1-18(2,3)25-17(20)14-23-11-10-21-8-9-22-12-13-24-16-6-4-15(19)5-7-16;5-1-2(6)4(8)9-3(1)7/h1-4H,5-11H2,(H,22,23);4-7H,8-14,19H2,1-3H3;. The number of carbonyl (C=O) groups excluding carboxylic acids is 5.